The van der Waals surface area contributed by atoms with Crippen molar-refractivity contribution < 1.29 is 5.11 Å². The SMILES string of the molecule is C/C(=C/Br)CO. The van der Waals surface area contributed by atoms with Crippen molar-refractivity contribution in [1.82, 2.24) is 0 Å². The molecule has 0 unspecified atom stereocenters. The topological polar surface area (TPSA) is 20.2 Å². The largest absolute Gasteiger partial charge is 0.392 e. The third-order valence-electron chi connectivity index (χ3n) is 0.436. The van der Waals surface area contributed by atoms with Gasteiger partial charge in [0.05, 0.1) is 6.61 Å². The van der Waals surface area contributed by atoms with E-state index in [1.807, 2.05) is 6.92 Å². The molecular formula is C4H7BrO. The molecule has 0 spiro atoms. The molecule has 0 saturated carbocycles. The normalized spacial score (nSPS) is 12.2. The first-order valence-corrected chi connectivity index (χ1v) is 2.59. The Hall–Kier alpha value is 0.180. The molecule has 0 bridgehead atoms. The van der Waals surface area contributed by atoms with Crippen molar-refractivity contribution in [2.75, 3.05) is 6.61 Å². The Morgan fingerprint density at radius 2 is 2.50 bits per heavy atom. The minimum atomic E-state index is 0.144. The fourth-order valence-corrected chi connectivity index (χ4v) is 0.179. The Morgan fingerprint density at radius 3 is 2.50 bits per heavy atom. The van der Waals surface area contributed by atoms with Gasteiger partial charge < -0.3 is 5.11 Å². The quantitative estimate of drug-likeness (QED) is 0.598. The van der Waals surface area contributed by atoms with E-state index in [1.54, 1.807) is 4.99 Å². The number of halogens is 1. The lowest BCUT2D eigenvalue weighted by atomic mass is 10.4. The summed E-state index contributed by atoms with van der Waals surface area (Å²) in [4.78, 5) is 1.70. The average molecular weight is 151 g/mol. The molecule has 0 aliphatic heterocycles. The number of rotatable bonds is 1. The van der Waals surface area contributed by atoms with Crippen molar-refractivity contribution in [2.45, 2.75) is 6.92 Å². The van der Waals surface area contributed by atoms with E-state index < -0.39 is 0 Å². The highest BCUT2D eigenvalue weighted by Crippen LogP contribution is 1.92. The summed E-state index contributed by atoms with van der Waals surface area (Å²) in [5.74, 6) is 0. The smallest absolute Gasteiger partial charge is 0.0647 e. The Bertz CT molecular complexity index is 58.6. The summed E-state index contributed by atoms with van der Waals surface area (Å²) in [7, 11) is 0. The Balaban J connectivity index is 3.22. The zero-order valence-electron chi connectivity index (χ0n) is 3.61. The molecule has 1 nitrogen and oxygen atoms in total. The number of hydrogen-bond acceptors (Lipinski definition) is 1. The van der Waals surface area contributed by atoms with Gasteiger partial charge in [0, 0.05) is 0 Å². The first-order chi connectivity index (χ1) is 2.81. The fourth-order valence-electron chi connectivity index (χ4n) is 0.0345. The molecular weight excluding hydrogens is 144 g/mol. The van der Waals surface area contributed by atoms with Crippen molar-refractivity contribution in [3.63, 3.8) is 0 Å². The summed E-state index contributed by atoms with van der Waals surface area (Å²) >= 11 is 3.05. The summed E-state index contributed by atoms with van der Waals surface area (Å²) in [6, 6.07) is 0. The van der Waals surface area contributed by atoms with Crippen LogP contribution in [0.1, 0.15) is 6.92 Å². The maximum atomic E-state index is 8.24. The highest BCUT2D eigenvalue weighted by atomic mass is 79.9. The van der Waals surface area contributed by atoms with E-state index in [0.717, 1.165) is 5.57 Å². The van der Waals surface area contributed by atoms with Gasteiger partial charge in [0.1, 0.15) is 0 Å². The third kappa shape index (κ3) is 2.42. The standard InChI is InChI=1S/C4H7BrO/c1-4(2-5)3-6/h2,6H,3H2,1H3/b4-2-. The second-order valence-corrected chi connectivity index (χ2v) is 1.57. The van der Waals surface area contributed by atoms with Crippen molar-refractivity contribution in [3.05, 3.63) is 10.6 Å². The van der Waals surface area contributed by atoms with E-state index in [4.69, 9.17) is 5.11 Å². The van der Waals surface area contributed by atoms with Gasteiger partial charge in [-0.25, -0.2) is 0 Å². The predicted molar refractivity (Wildman–Crippen MR) is 29.8 cm³/mol. The van der Waals surface area contributed by atoms with Crippen LogP contribution < -0.4 is 0 Å². The molecule has 36 valence electrons. The highest BCUT2D eigenvalue weighted by Gasteiger charge is 1.75. The van der Waals surface area contributed by atoms with Gasteiger partial charge in [-0.1, -0.05) is 15.9 Å². The van der Waals surface area contributed by atoms with Gasteiger partial charge in [0.2, 0.25) is 0 Å². The number of hydrogen-bond donors (Lipinski definition) is 1. The lowest BCUT2D eigenvalue weighted by molar-refractivity contribution is 0.332. The summed E-state index contributed by atoms with van der Waals surface area (Å²) in [5.41, 5.74) is 0.940. The van der Waals surface area contributed by atoms with Crippen LogP contribution in [0.4, 0.5) is 0 Å². The van der Waals surface area contributed by atoms with E-state index in [0.29, 0.717) is 0 Å². The van der Waals surface area contributed by atoms with Crippen molar-refractivity contribution in [2.24, 2.45) is 0 Å². The van der Waals surface area contributed by atoms with Crippen molar-refractivity contribution >= 4 is 15.9 Å². The minimum absolute atomic E-state index is 0.144. The zero-order chi connectivity index (χ0) is 4.99. The fraction of sp³-hybridized carbons (Fsp3) is 0.500. The molecule has 0 aromatic carbocycles. The molecule has 0 radical (unpaired) electrons. The van der Waals surface area contributed by atoms with Gasteiger partial charge in [-0.05, 0) is 17.5 Å². The maximum Gasteiger partial charge on any atom is 0.0647 e. The Morgan fingerprint density at radius 1 is 2.00 bits per heavy atom. The second kappa shape index (κ2) is 3.37. The Kier molecular flexibility index (Phi) is 3.47. The lowest BCUT2D eigenvalue weighted by Gasteiger charge is -1.83. The van der Waals surface area contributed by atoms with E-state index >= 15 is 0 Å². The molecule has 0 heterocycles. The van der Waals surface area contributed by atoms with Gasteiger partial charge in [-0.3, -0.25) is 0 Å². The molecule has 0 amide bonds. The highest BCUT2D eigenvalue weighted by molar-refractivity contribution is 9.11. The molecule has 2 heteroatoms. The van der Waals surface area contributed by atoms with Crippen molar-refractivity contribution in [3.8, 4) is 0 Å². The average Bonchev–Trinajstić information content (AvgIpc) is 1.65. The van der Waals surface area contributed by atoms with Gasteiger partial charge in [0.15, 0.2) is 0 Å². The van der Waals surface area contributed by atoms with Crippen LogP contribution in [-0.4, -0.2) is 11.7 Å². The molecule has 0 rings (SSSR count). The lowest BCUT2D eigenvalue weighted by Crippen LogP contribution is -1.78. The van der Waals surface area contributed by atoms with E-state index in [1.165, 1.54) is 0 Å². The van der Waals surface area contributed by atoms with E-state index in [2.05, 4.69) is 15.9 Å². The monoisotopic (exact) mass is 150 g/mol. The molecule has 0 aliphatic rings. The predicted octanol–water partition coefficient (Wildman–Crippen LogP) is 1.28. The van der Waals surface area contributed by atoms with Crippen molar-refractivity contribution in [1.29, 1.82) is 0 Å². The zero-order valence-corrected chi connectivity index (χ0v) is 5.20. The van der Waals surface area contributed by atoms with Gasteiger partial charge >= 0.3 is 0 Å². The van der Waals surface area contributed by atoms with Crippen LogP contribution in [0.15, 0.2) is 10.6 Å². The molecule has 1 N–H and O–H groups in total. The summed E-state index contributed by atoms with van der Waals surface area (Å²) in [5, 5.41) is 8.24. The molecule has 0 fully saturated rings. The van der Waals surface area contributed by atoms with Gasteiger partial charge in [0.25, 0.3) is 0 Å². The van der Waals surface area contributed by atoms with Crippen LogP contribution in [0.5, 0.6) is 0 Å². The second-order valence-electron chi connectivity index (χ2n) is 1.11. The van der Waals surface area contributed by atoms with Crippen LogP contribution in [-0.2, 0) is 0 Å². The van der Waals surface area contributed by atoms with E-state index in [9.17, 15) is 0 Å². The van der Waals surface area contributed by atoms with Crippen LogP contribution in [0, 0.1) is 0 Å². The Labute approximate surface area is 45.8 Å². The van der Waals surface area contributed by atoms with Crippen LogP contribution >= 0.6 is 15.9 Å². The van der Waals surface area contributed by atoms with Gasteiger partial charge in [-0.2, -0.15) is 0 Å². The summed E-state index contributed by atoms with van der Waals surface area (Å²) < 4.78 is 0. The number of aliphatic hydroxyl groups is 1. The van der Waals surface area contributed by atoms with Crippen LogP contribution in [0.3, 0.4) is 0 Å². The first kappa shape index (κ1) is 6.18. The molecule has 0 aliphatic carbocycles. The van der Waals surface area contributed by atoms with Crippen LogP contribution in [0.2, 0.25) is 0 Å². The summed E-state index contributed by atoms with van der Waals surface area (Å²) in [6.07, 6.45) is 0. The maximum absolute atomic E-state index is 8.24. The molecule has 6 heavy (non-hydrogen) atoms. The molecule has 0 aromatic rings. The number of aliphatic hydroxyl groups excluding tert-OH is 1. The first-order valence-electron chi connectivity index (χ1n) is 1.68. The molecule has 0 saturated heterocycles. The van der Waals surface area contributed by atoms with Crippen LogP contribution in [0.25, 0.3) is 0 Å². The third-order valence-corrected chi connectivity index (χ3v) is 1.22. The molecule has 0 aromatic heterocycles. The van der Waals surface area contributed by atoms with Gasteiger partial charge in [-0.15, -0.1) is 0 Å². The minimum Gasteiger partial charge on any atom is -0.392 e. The van der Waals surface area contributed by atoms with E-state index in [-0.39, 0.29) is 6.61 Å². The molecule has 0 atom stereocenters. The summed E-state index contributed by atoms with van der Waals surface area (Å²) in [6.45, 7) is 1.99.